The average molecular weight is 385 g/mol. The van der Waals surface area contributed by atoms with E-state index in [0.29, 0.717) is 18.1 Å². The molecule has 0 bridgehead atoms. The fraction of sp³-hybridized carbons (Fsp3) is 0.583. The highest BCUT2D eigenvalue weighted by Gasteiger charge is 2.17. The Labute approximate surface area is 170 Å². The summed E-state index contributed by atoms with van der Waals surface area (Å²) in [6.45, 7) is 11.3. The third-order valence-corrected chi connectivity index (χ3v) is 5.23. The standard InChI is InChI=1S/C24H36N2O2/c1-6-7-8-9-10-11-23-19(4)25-26(20(23)5)24(27)21-12-14-22(15-13-21)28-17-16-18(2)3/h12-15,18H,6-11,16-17H2,1-5H3. The lowest BCUT2D eigenvalue weighted by atomic mass is 10.0. The van der Waals surface area contributed by atoms with Gasteiger partial charge in [-0.25, -0.2) is 4.68 Å². The molecule has 0 atom stereocenters. The Morgan fingerprint density at radius 1 is 1.07 bits per heavy atom. The molecule has 0 fully saturated rings. The Kier molecular flexibility index (Phi) is 8.75. The molecule has 0 spiro atoms. The molecule has 0 aliphatic heterocycles. The van der Waals surface area contributed by atoms with Gasteiger partial charge in [-0.3, -0.25) is 4.79 Å². The molecular weight excluding hydrogens is 348 g/mol. The lowest BCUT2D eigenvalue weighted by Gasteiger charge is -2.09. The van der Waals surface area contributed by atoms with Crippen molar-refractivity contribution < 1.29 is 9.53 Å². The maximum absolute atomic E-state index is 12.9. The quantitative estimate of drug-likeness (QED) is 0.438. The Morgan fingerprint density at radius 2 is 1.75 bits per heavy atom. The summed E-state index contributed by atoms with van der Waals surface area (Å²) in [5, 5.41) is 4.53. The monoisotopic (exact) mass is 384 g/mol. The second-order valence-corrected chi connectivity index (χ2v) is 8.09. The van der Waals surface area contributed by atoms with Crippen molar-refractivity contribution in [2.24, 2.45) is 5.92 Å². The van der Waals surface area contributed by atoms with E-state index in [4.69, 9.17) is 4.74 Å². The van der Waals surface area contributed by atoms with Gasteiger partial charge in [-0.1, -0.05) is 46.5 Å². The second-order valence-electron chi connectivity index (χ2n) is 8.09. The number of hydrogen-bond acceptors (Lipinski definition) is 3. The number of aryl methyl sites for hydroxylation is 1. The molecule has 0 radical (unpaired) electrons. The zero-order valence-corrected chi connectivity index (χ0v) is 18.3. The highest BCUT2D eigenvalue weighted by atomic mass is 16.5. The van der Waals surface area contributed by atoms with E-state index >= 15 is 0 Å². The molecular formula is C24H36N2O2. The van der Waals surface area contributed by atoms with Gasteiger partial charge in [0.15, 0.2) is 0 Å². The van der Waals surface area contributed by atoms with E-state index in [2.05, 4.69) is 25.9 Å². The molecule has 0 aliphatic rings. The van der Waals surface area contributed by atoms with Crippen LogP contribution in [-0.2, 0) is 6.42 Å². The van der Waals surface area contributed by atoms with Crippen LogP contribution >= 0.6 is 0 Å². The van der Waals surface area contributed by atoms with Crippen molar-refractivity contribution in [2.75, 3.05) is 6.61 Å². The van der Waals surface area contributed by atoms with E-state index in [1.165, 1.54) is 31.2 Å². The van der Waals surface area contributed by atoms with Gasteiger partial charge in [0.1, 0.15) is 5.75 Å². The molecule has 2 aromatic rings. The highest BCUT2D eigenvalue weighted by molar-refractivity contribution is 5.96. The van der Waals surface area contributed by atoms with Crippen molar-refractivity contribution in [2.45, 2.75) is 79.6 Å². The molecule has 0 saturated carbocycles. The van der Waals surface area contributed by atoms with Crippen LogP contribution in [0.25, 0.3) is 0 Å². The summed E-state index contributed by atoms with van der Waals surface area (Å²) in [4.78, 5) is 12.9. The van der Waals surface area contributed by atoms with Crippen molar-refractivity contribution in [3.8, 4) is 5.75 Å². The van der Waals surface area contributed by atoms with Crippen molar-refractivity contribution >= 4 is 5.91 Å². The highest BCUT2D eigenvalue weighted by Crippen LogP contribution is 2.20. The lowest BCUT2D eigenvalue weighted by molar-refractivity contribution is 0.0942. The van der Waals surface area contributed by atoms with E-state index in [1.807, 2.05) is 38.1 Å². The van der Waals surface area contributed by atoms with Crippen molar-refractivity contribution in [3.05, 3.63) is 46.8 Å². The van der Waals surface area contributed by atoms with Gasteiger partial charge < -0.3 is 4.74 Å². The minimum absolute atomic E-state index is 0.0773. The third kappa shape index (κ3) is 6.22. The first-order chi connectivity index (χ1) is 13.4. The van der Waals surface area contributed by atoms with Gasteiger partial charge in [0, 0.05) is 11.3 Å². The molecule has 154 valence electrons. The zero-order chi connectivity index (χ0) is 20.5. The maximum Gasteiger partial charge on any atom is 0.278 e. The maximum atomic E-state index is 12.9. The number of unbranched alkanes of at least 4 members (excludes halogenated alkanes) is 4. The Hall–Kier alpha value is -2.10. The summed E-state index contributed by atoms with van der Waals surface area (Å²) in [7, 11) is 0. The Morgan fingerprint density at radius 3 is 2.39 bits per heavy atom. The Balaban J connectivity index is 2.00. The number of aromatic nitrogens is 2. The molecule has 28 heavy (non-hydrogen) atoms. The molecule has 1 heterocycles. The fourth-order valence-electron chi connectivity index (χ4n) is 3.37. The number of hydrogen-bond donors (Lipinski definition) is 0. The van der Waals surface area contributed by atoms with E-state index in [1.54, 1.807) is 4.68 Å². The number of nitrogens with zero attached hydrogens (tertiary/aromatic N) is 2. The van der Waals surface area contributed by atoms with E-state index in [-0.39, 0.29) is 5.91 Å². The largest absolute Gasteiger partial charge is 0.494 e. The zero-order valence-electron chi connectivity index (χ0n) is 18.3. The third-order valence-electron chi connectivity index (χ3n) is 5.23. The number of ether oxygens (including phenoxy) is 1. The summed E-state index contributed by atoms with van der Waals surface area (Å²) in [6, 6.07) is 7.39. The predicted molar refractivity (Wildman–Crippen MR) is 115 cm³/mol. The summed E-state index contributed by atoms with van der Waals surface area (Å²) >= 11 is 0. The summed E-state index contributed by atoms with van der Waals surface area (Å²) in [6.07, 6.45) is 8.26. The van der Waals surface area contributed by atoms with Gasteiger partial charge >= 0.3 is 0 Å². The van der Waals surface area contributed by atoms with Crippen LogP contribution in [0.1, 0.15) is 86.6 Å². The summed E-state index contributed by atoms with van der Waals surface area (Å²) < 4.78 is 7.30. The van der Waals surface area contributed by atoms with Crippen molar-refractivity contribution in [3.63, 3.8) is 0 Å². The van der Waals surface area contributed by atoms with E-state index in [0.717, 1.165) is 36.4 Å². The molecule has 4 heteroatoms. The van der Waals surface area contributed by atoms with Gasteiger partial charge in [-0.2, -0.15) is 5.10 Å². The van der Waals surface area contributed by atoms with Crippen LogP contribution in [-0.4, -0.2) is 22.3 Å². The van der Waals surface area contributed by atoms with Crippen LogP contribution in [0.3, 0.4) is 0 Å². The molecule has 0 aliphatic carbocycles. The fourth-order valence-corrected chi connectivity index (χ4v) is 3.37. The molecule has 0 amide bonds. The van der Waals surface area contributed by atoms with Gasteiger partial charge in [0.2, 0.25) is 0 Å². The van der Waals surface area contributed by atoms with E-state index < -0.39 is 0 Å². The molecule has 4 nitrogen and oxygen atoms in total. The smallest absolute Gasteiger partial charge is 0.278 e. The lowest BCUT2D eigenvalue weighted by Crippen LogP contribution is -2.15. The molecule has 0 unspecified atom stereocenters. The molecule has 0 saturated heterocycles. The summed E-state index contributed by atoms with van der Waals surface area (Å²) in [5.41, 5.74) is 3.79. The second kappa shape index (κ2) is 11.0. The van der Waals surface area contributed by atoms with Crippen LogP contribution in [0, 0.1) is 19.8 Å². The minimum Gasteiger partial charge on any atom is -0.494 e. The molecule has 1 aromatic heterocycles. The number of carbonyl (C=O) groups excluding carboxylic acids is 1. The number of rotatable bonds is 11. The molecule has 2 rings (SSSR count). The Bertz CT molecular complexity index is 745. The number of benzene rings is 1. The van der Waals surface area contributed by atoms with Crippen LogP contribution in [0.5, 0.6) is 5.75 Å². The normalized spacial score (nSPS) is 11.2. The first-order valence-corrected chi connectivity index (χ1v) is 10.8. The van der Waals surface area contributed by atoms with E-state index in [9.17, 15) is 4.79 Å². The van der Waals surface area contributed by atoms with Gasteiger partial charge in [-0.15, -0.1) is 0 Å². The van der Waals surface area contributed by atoms with Crippen molar-refractivity contribution in [1.82, 2.24) is 9.78 Å². The topological polar surface area (TPSA) is 44.1 Å². The average Bonchev–Trinajstić information content (AvgIpc) is 2.95. The molecule has 1 aromatic carbocycles. The first-order valence-electron chi connectivity index (χ1n) is 10.8. The van der Waals surface area contributed by atoms with Gasteiger partial charge in [0.25, 0.3) is 5.91 Å². The molecule has 0 N–H and O–H groups in total. The van der Waals surface area contributed by atoms with Gasteiger partial charge in [-0.05, 0) is 68.9 Å². The van der Waals surface area contributed by atoms with Crippen LogP contribution in [0.15, 0.2) is 24.3 Å². The summed E-state index contributed by atoms with van der Waals surface area (Å²) in [5.74, 6) is 1.35. The number of carbonyl (C=O) groups is 1. The van der Waals surface area contributed by atoms with Crippen LogP contribution in [0.2, 0.25) is 0 Å². The minimum atomic E-state index is -0.0773. The van der Waals surface area contributed by atoms with Gasteiger partial charge in [0.05, 0.1) is 12.3 Å². The SMILES string of the molecule is CCCCCCCc1c(C)nn(C(=O)c2ccc(OCCC(C)C)cc2)c1C. The van der Waals surface area contributed by atoms with Crippen molar-refractivity contribution in [1.29, 1.82) is 0 Å². The van der Waals surface area contributed by atoms with Crippen LogP contribution in [0.4, 0.5) is 0 Å². The predicted octanol–water partition coefficient (Wildman–Crippen LogP) is 6.13. The first kappa shape index (κ1) is 22.2. The van der Waals surface area contributed by atoms with Crippen LogP contribution < -0.4 is 4.74 Å².